The fourth-order valence-electron chi connectivity index (χ4n) is 2.57. The second-order valence-electron chi connectivity index (χ2n) is 4.88. The van der Waals surface area contributed by atoms with Crippen molar-refractivity contribution in [3.63, 3.8) is 0 Å². The molecular formula is C13H18N4. The zero-order valence-corrected chi connectivity index (χ0v) is 10.1. The molecule has 0 unspecified atom stereocenters. The zero-order valence-electron chi connectivity index (χ0n) is 10.1. The van der Waals surface area contributed by atoms with Gasteiger partial charge in [-0.15, -0.1) is 0 Å². The minimum atomic E-state index is 0.685. The highest BCUT2D eigenvalue weighted by molar-refractivity contribution is 5.81. The number of nitrogens with two attached hydrogens (primary N) is 1. The van der Waals surface area contributed by atoms with E-state index in [0.717, 1.165) is 26.2 Å². The van der Waals surface area contributed by atoms with E-state index in [0.29, 0.717) is 5.92 Å². The molecule has 0 saturated carbocycles. The Kier molecular flexibility index (Phi) is 2.61. The lowest BCUT2D eigenvalue weighted by Gasteiger charge is -2.38. The van der Waals surface area contributed by atoms with E-state index in [9.17, 15) is 0 Å². The van der Waals surface area contributed by atoms with E-state index >= 15 is 0 Å². The van der Waals surface area contributed by atoms with Crippen molar-refractivity contribution in [1.29, 1.82) is 0 Å². The van der Waals surface area contributed by atoms with Crippen LogP contribution in [-0.4, -0.2) is 34.3 Å². The average Bonchev–Trinajstić information content (AvgIpc) is 2.61. The number of hydrogen-bond donors (Lipinski definition) is 1. The smallest absolute Gasteiger partial charge is 0.0843 e. The van der Waals surface area contributed by atoms with Gasteiger partial charge in [-0.05, 0) is 18.5 Å². The Morgan fingerprint density at radius 1 is 1.35 bits per heavy atom. The third-order valence-corrected chi connectivity index (χ3v) is 3.57. The second-order valence-corrected chi connectivity index (χ2v) is 4.88. The van der Waals surface area contributed by atoms with Gasteiger partial charge < -0.3 is 5.73 Å². The number of hydrogen-bond acceptors (Lipinski definition) is 3. The van der Waals surface area contributed by atoms with Gasteiger partial charge in [-0.1, -0.05) is 18.2 Å². The van der Waals surface area contributed by atoms with E-state index in [1.165, 1.54) is 16.6 Å². The molecule has 90 valence electrons. The standard InChI is InChI=1S/C13H18N4/c1-16-13-5-3-2-4-11(13)12(15-16)9-17-7-10(6-14)8-17/h2-5,10H,6-9,14H2,1H3. The number of benzene rings is 1. The molecule has 1 aliphatic rings. The zero-order chi connectivity index (χ0) is 11.8. The predicted octanol–water partition coefficient (Wildman–Crippen LogP) is 0.964. The summed E-state index contributed by atoms with van der Waals surface area (Å²) in [7, 11) is 2.00. The molecule has 2 heterocycles. The van der Waals surface area contributed by atoms with Crippen LogP contribution >= 0.6 is 0 Å². The van der Waals surface area contributed by atoms with Crippen molar-refractivity contribution in [1.82, 2.24) is 14.7 Å². The van der Waals surface area contributed by atoms with Crippen molar-refractivity contribution >= 4 is 10.9 Å². The first-order chi connectivity index (χ1) is 8.28. The highest BCUT2D eigenvalue weighted by Crippen LogP contribution is 2.22. The lowest BCUT2D eigenvalue weighted by Crippen LogP contribution is -2.49. The summed E-state index contributed by atoms with van der Waals surface area (Å²) < 4.78 is 1.96. The maximum atomic E-state index is 5.64. The number of nitrogens with zero attached hydrogens (tertiary/aromatic N) is 3. The molecule has 1 saturated heterocycles. The number of para-hydroxylation sites is 1. The van der Waals surface area contributed by atoms with Crippen LogP contribution in [0.4, 0.5) is 0 Å². The van der Waals surface area contributed by atoms with Crippen LogP contribution in [0.15, 0.2) is 24.3 Å². The fourth-order valence-corrected chi connectivity index (χ4v) is 2.57. The molecule has 0 radical (unpaired) electrons. The van der Waals surface area contributed by atoms with Crippen molar-refractivity contribution in [2.45, 2.75) is 6.54 Å². The molecule has 0 aliphatic carbocycles. The van der Waals surface area contributed by atoms with Crippen molar-refractivity contribution in [2.24, 2.45) is 18.7 Å². The van der Waals surface area contributed by atoms with Gasteiger partial charge in [0.15, 0.2) is 0 Å². The Morgan fingerprint density at radius 2 is 2.12 bits per heavy atom. The van der Waals surface area contributed by atoms with Gasteiger partial charge in [0.25, 0.3) is 0 Å². The van der Waals surface area contributed by atoms with Crippen molar-refractivity contribution in [2.75, 3.05) is 19.6 Å². The average molecular weight is 230 g/mol. The highest BCUT2D eigenvalue weighted by atomic mass is 15.3. The van der Waals surface area contributed by atoms with Gasteiger partial charge in [-0.3, -0.25) is 9.58 Å². The van der Waals surface area contributed by atoms with E-state index in [4.69, 9.17) is 5.73 Å². The molecule has 0 spiro atoms. The molecule has 4 heteroatoms. The number of aromatic nitrogens is 2. The first-order valence-corrected chi connectivity index (χ1v) is 6.11. The number of rotatable bonds is 3. The first-order valence-electron chi connectivity index (χ1n) is 6.11. The van der Waals surface area contributed by atoms with E-state index in [2.05, 4.69) is 34.3 Å². The van der Waals surface area contributed by atoms with Gasteiger partial charge >= 0.3 is 0 Å². The Balaban J connectivity index is 1.82. The summed E-state index contributed by atoms with van der Waals surface area (Å²) in [6.45, 7) is 3.97. The first kappa shape index (κ1) is 10.7. The van der Waals surface area contributed by atoms with Crippen LogP contribution in [0.2, 0.25) is 0 Å². The van der Waals surface area contributed by atoms with Crippen LogP contribution in [0.1, 0.15) is 5.69 Å². The molecule has 17 heavy (non-hydrogen) atoms. The topological polar surface area (TPSA) is 47.1 Å². The molecule has 1 aromatic heterocycles. The molecule has 0 atom stereocenters. The minimum Gasteiger partial charge on any atom is -0.330 e. The van der Waals surface area contributed by atoms with E-state index in [1.54, 1.807) is 0 Å². The third-order valence-electron chi connectivity index (χ3n) is 3.57. The quantitative estimate of drug-likeness (QED) is 0.854. The Morgan fingerprint density at radius 3 is 2.88 bits per heavy atom. The molecule has 2 N–H and O–H groups in total. The van der Waals surface area contributed by atoms with Crippen molar-refractivity contribution in [3.05, 3.63) is 30.0 Å². The molecule has 1 fully saturated rings. The van der Waals surface area contributed by atoms with E-state index in [1.807, 2.05) is 11.7 Å². The number of fused-ring (bicyclic) bond motifs is 1. The summed E-state index contributed by atoms with van der Waals surface area (Å²) in [4.78, 5) is 2.41. The van der Waals surface area contributed by atoms with Gasteiger partial charge in [-0.25, -0.2) is 0 Å². The lowest BCUT2D eigenvalue weighted by molar-refractivity contribution is 0.0967. The molecular weight excluding hydrogens is 212 g/mol. The Labute approximate surface area is 101 Å². The Bertz CT molecular complexity index is 525. The van der Waals surface area contributed by atoms with E-state index < -0.39 is 0 Å². The van der Waals surface area contributed by atoms with Crippen LogP contribution in [-0.2, 0) is 13.6 Å². The highest BCUT2D eigenvalue weighted by Gasteiger charge is 2.26. The second kappa shape index (κ2) is 4.13. The van der Waals surface area contributed by atoms with Gasteiger partial charge in [0, 0.05) is 32.1 Å². The summed E-state index contributed by atoms with van der Waals surface area (Å²) in [5.41, 5.74) is 8.02. The predicted molar refractivity (Wildman–Crippen MR) is 68.5 cm³/mol. The van der Waals surface area contributed by atoms with Gasteiger partial charge in [0.1, 0.15) is 0 Å². The lowest BCUT2D eigenvalue weighted by atomic mass is 10.0. The normalized spacial score (nSPS) is 17.5. The number of aryl methyl sites for hydroxylation is 1. The van der Waals surface area contributed by atoms with Crippen LogP contribution in [0, 0.1) is 5.92 Å². The van der Waals surface area contributed by atoms with Crippen molar-refractivity contribution in [3.8, 4) is 0 Å². The summed E-state index contributed by atoms with van der Waals surface area (Å²) in [6.07, 6.45) is 0. The molecule has 1 aromatic carbocycles. The summed E-state index contributed by atoms with van der Waals surface area (Å²) in [6, 6.07) is 8.40. The third kappa shape index (κ3) is 1.83. The SMILES string of the molecule is Cn1nc(CN2CC(CN)C2)c2ccccc21. The molecule has 2 aromatic rings. The van der Waals surface area contributed by atoms with Gasteiger partial charge in [-0.2, -0.15) is 5.10 Å². The molecule has 1 aliphatic heterocycles. The number of likely N-dealkylation sites (tertiary alicyclic amines) is 1. The van der Waals surface area contributed by atoms with Crippen LogP contribution in [0.25, 0.3) is 10.9 Å². The summed E-state index contributed by atoms with van der Waals surface area (Å²) in [5.74, 6) is 0.685. The summed E-state index contributed by atoms with van der Waals surface area (Å²) >= 11 is 0. The van der Waals surface area contributed by atoms with Crippen molar-refractivity contribution < 1.29 is 0 Å². The maximum absolute atomic E-state index is 5.64. The molecule has 0 bridgehead atoms. The summed E-state index contributed by atoms with van der Waals surface area (Å²) in [5, 5.41) is 5.88. The molecule has 0 amide bonds. The van der Waals surface area contributed by atoms with Crippen LogP contribution < -0.4 is 5.73 Å². The van der Waals surface area contributed by atoms with Gasteiger partial charge in [0.05, 0.1) is 11.2 Å². The minimum absolute atomic E-state index is 0.685. The van der Waals surface area contributed by atoms with E-state index in [-0.39, 0.29) is 0 Å². The fraction of sp³-hybridized carbons (Fsp3) is 0.462. The monoisotopic (exact) mass is 230 g/mol. The van der Waals surface area contributed by atoms with Crippen LogP contribution in [0.3, 0.4) is 0 Å². The molecule has 4 nitrogen and oxygen atoms in total. The molecule has 3 rings (SSSR count). The van der Waals surface area contributed by atoms with Crippen LogP contribution in [0.5, 0.6) is 0 Å². The Hall–Kier alpha value is -1.39. The maximum Gasteiger partial charge on any atom is 0.0843 e. The van der Waals surface area contributed by atoms with Gasteiger partial charge in [0.2, 0.25) is 0 Å². The largest absolute Gasteiger partial charge is 0.330 e.